The number of alkyl halides is 3. The van der Waals surface area contributed by atoms with Crippen molar-refractivity contribution in [1.29, 1.82) is 0 Å². The second-order valence-corrected chi connectivity index (χ2v) is 6.03. The quantitative estimate of drug-likeness (QED) is 0.817. The van der Waals surface area contributed by atoms with Gasteiger partial charge in [-0.25, -0.2) is 0 Å². The molecule has 0 aliphatic heterocycles. The largest absolute Gasteiger partial charge is 0.435 e. The number of nitrogens with zero attached hydrogens (tertiary/aromatic N) is 3. The van der Waals surface area contributed by atoms with Gasteiger partial charge in [0.2, 0.25) is 0 Å². The fourth-order valence-corrected chi connectivity index (χ4v) is 2.68. The third kappa shape index (κ3) is 5.08. The molecule has 5 nitrogen and oxygen atoms in total. The number of hydrogen-bond donors (Lipinski definition) is 1. The Kier molecular flexibility index (Phi) is 6.42. The van der Waals surface area contributed by atoms with Crippen LogP contribution in [0.2, 0.25) is 0 Å². The Bertz CT molecular complexity index is 751. The van der Waals surface area contributed by atoms with E-state index in [0.717, 1.165) is 41.6 Å². The summed E-state index contributed by atoms with van der Waals surface area (Å²) in [7, 11) is 1.35. The highest BCUT2D eigenvalue weighted by molar-refractivity contribution is 5.95. The molecule has 8 heteroatoms. The summed E-state index contributed by atoms with van der Waals surface area (Å²) < 4.78 is 39.9. The Morgan fingerprint density at radius 1 is 1.23 bits per heavy atom. The highest BCUT2D eigenvalue weighted by atomic mass is 19.4. The molecule has 0 bridgehead atoms. The zero-order valence-corrected chi connectivity index (χ0v) is 15.1. The maximum atomic E-state index is 13.0. The number of rotatable bonds is 7. The van der Waals surface area contributed by atoms with E-state index in [9.17, 15) is 18.0 Å². The van der Waals surface area contributed by atoms with Crippen LogP contribution in [0.4, 0.5) is 13.2 Å². The number of amides is 1. The third-order valence-corrected chi connectivity index (χ3v) is 4.09. The lowest BCUT2D eigenvalue weighted by Gasteiger charge is -2.18. The van der Waals surface area contributed by atoms with Crippen LogP contribution in [0, 0.1) is 0 Å². The molecule has 0 radical (unpaired) electrons. The van der Waals surface area contributed by atoms with E-state index in [1.807, 2.05) is 24.3 Å². The molecule has 2 aromatic rings. The van der Waals surface area contributed by atoms with Gasteiger partial charge in [-0.2, -0.15) is 18.3 Å². The standard InChI is InChI=1S/C18H23F3N4O/c1-4-25(5-2)11-14-8-6-7-13(9-14)10-22-17(26)15-12-24(3)23-16(15)18(19,20)21/h6-9,12H,4-5,10-11H2,1-3H3,(H,22,26). The first kappa shape index (κ1) is 20.0. The molecule has 1 N–H and O–H groups in total. The molecule has 0 fully saturated rings. The first-order valence-electron chi connectivity index (χ1n) is 8.43. The lowest BCUT2D eigenvalue weighted by atomic mass is 10.1. The minimum atomic E-state index is -4.67. The first-order valence-corrected chi connectivity index (χ1v) is 8.43. The Hall–Kier alpha value is -2.35. The van der Waals surface area contributed by atoms with Crippen LogP contribution in [0.3, 0.4) is 0 Å². The van der Waals surface area contributed by atoms with Gasteiger partial charge in [0, 0.05) is 26.3 Å². The van der Waals surface area contributed by atoms with Crippen LogP contribution in [0.25, 0.3) is 0 Å². The smallest absolute Gasteiger partial charge is 0.348 e. The van der Waals surface area contributed by atoms with Crippen LogP contribution < -0.4 is 5.32 Å². The minimum Gasteiger partial charge on any atom is -0.348 e. The topological polar surface area (TPSA) is 50.2 Å². The van der Waals surface area contributed by atoms with E-state index in [4.69, 9.17) is 0 Å². The molecule has 1 aromatic heterocycles. The average Bonchev–Trinajstić information content (AvgIpc) is 3.00. The summed E-state index contributed by atoms with van der Waals surface area (Å²) in [5.74, 6) is -0.792. The van der Waals surface area contributed by atoms with Gasteiger partial charge in [0.15, 0.2) is 5.69 Å². The molecule has 0 saturated heterocycles. The average molecular weight is 368 g/mol. The Balaban J connectivity index is 2.06. The van der Waals surface area contributed by atoms with E-state index in [0.29, 0.717) is 0 Å². The highest BCUT2D eigenvalue weighted by Crippen LogP contribution is 2.30. The Labute approximate surface area is 150 Å². The molecule has 0 unspecified atom stereocenters. The predicted octanol–water partition coefficient (Wildman–Crippen LogP) is 3.21. The van der Waals surface area contributed by atoms with Gasteiger partial charge in [0.1, 0.15) is 0 Å². The van der Waals surface area contributed by atoms with Gasteiger partial charge in [-0.15, -0.1) is 0 Å². The van der Waals surface area contributed by atoms with E-state index in [2.05, 4.69) is 29.2 Å². The van der Waals surface area contributed by atoms with Crippen molar-refractivity contribution in [3.63, 3.8) is 0 Å². The van der Waals surface area contributed by atoms with E-state index in [-0.39, 0.29) is 6.54 Å². The van der Waals surface area contributed by atoms with Crippen molar-refractivity contribution in [3.8, 4) is 0 Å². The number of nitrogens with one attached hydrogen (secondary N) is 1. The second-order valence-electron chi connectivity index (χ2n) is 6.03. The number of benzene rings is 1. The van der Waals surface area contributed by atoms with Gasteiger partial charge in [0.25, 0.3) is 5.91 Å². The van der Waals surface area contributed by atoms with Crippen LogP contribution in [0.5, 0.6) is 0 Å². The summed E-state index contributed by atoms with van der Waals surface area (Å²) in [6.07, 6.45) is -3.59. The fraction of sp³-hybridized carbons (Fsp3) is 0.444. The zero-order chi connectivity index (χ0) is 19.3. The summed E-state index contributed by atoms with van der Waals surface area (Å²) in [6.45, 7) is 6.96. The molecule has 26 heavy (non-hydrogen) atoms. The Morgan fingerprint density at radius 3 is 2.50 bits per heavy atom. The summed E-state index contributed by atoms with van der Waals surface area (Å²) in [4.78, 5) is 14.4. The SMILES string of the molecule is CCN(CC)Cc1cccc(CNC(=O)c2cn(C)nc2C(F)(F)F)c1. The van der Waals surface area contributed by atoms with Gasteiger partial charge < -0.3 is 5.32 Å². The van der Waals surface area contributed by atoms with Gasteiger partial charge >= 0.3 is 6.18 Å². The number of hydrogen-bond acceptors (Lipinski definition) is 3. The van der Waals surface area contributed by atoms with E-state index < -0.39 is 23.3 Å². The van der Waals surface area contributed by atoms with Crippen molar-refractivity contribution < 1.29 is 18.0 Å². The predicted molar refractivity (Wildman–Crippen MR) is 92.4 cm³/mol. The molecule has 1 aromatic carbocycles. The lowest BCUT2D eigenvalue weighted by Crippen LogP contribution is -2.25. The van der Waals surface area contributed by atoms with E-state index >= 15 is 0 Å². The fourth-order valence-electron chi connectivity index (χ4n) is 2.68. The molecular formula is C18H23F3N4O. The van der Waals surface area contributed by atoms with E-state index in [1.165, 1.54) is 7.05 Å². The molecule has 142 valence electrons. The van der Waals surface area contributed by atoms with Crippen LogP contribution >= 0.6 is 0 Å². The molecule has 1 heterocycles. The minimum absolute atomic E-state index is 0.150. The van der Waals surface area contributed by atoms with Crippen LogP contribution in [0.15, 0.2) is 30.5 Å². The van der Waals surface area contributed by atoms with Crippen LogP contribution in [-0.2, 0) is 26.3 Å². The van der Waals surface area contributed by atoms with Crippen molar-refractivity contribution in [3.05, 3.63) is 52.8 Å². The van der Waals surface area contributed by atoms with Gasteiger partial charge in [-0.05, 0) is 24.2 Å². The molecule has 0 atom stereocenters. The van der Waals surface area contributed by atoms with Crippen molar-refractivity contribution in [2.45, 2.75) is 33.1 Å². The number of aromatic nitrogens is 2. The maximum absolute atomic E-state index is 13.0. The zero-order valence-electron chi connectivity index (χ0n) is 15.1. The van der Waals surface area contributed by atoms with Gasteiger partial charge in [0.05, 0.1) is 5.56 Å². The molecule has 0 aliphatic carbocycles. The van der Waals surface area contributed by atoms with E-state index in [1.54, 1.807) is 0 Å². The second kappa shape index (κ2) is 8.35. The van der Waals surface area contributed by atoms with Gasteiger partial charge in [-0.1, -0.05) is 38.1 Å². The molecule has 2 rings (SSSR count). The van der Waals surface area contributed by atoms with Crippen molar-refractivity contribution in [2.24, 2.45) is 7.05 Å². The maximum Gasteiger partial charge on any atom is 0.435 e. The van der Waals surface area contributed by atoms with Gasteiger partial charge in [-0.3, -0.25) is 14.4 Å². The normalized spacial score (nSPS) is 11.8. The molecular weight excluding hydrogens is 345 g/mol. The summed E-state index contributed by atoms with van der Waals surface area (Å²) >= 11 is 0. The molecule has 1 amide bonds. The summed E-state index contributed by atoms with van der Waals surface area (Å²) in [5, 5.41) is 5.89. The summed E-state index contributed by atoms with van der Waals surface area (Å²) in [6, 6.07) is 7.66. The molecule has 0 spiro atoms. The molecule has 0 aliphatic rings. The Morgan fingerprint density at radius 2 is 1.88 bits per heavy atom. The van der Waals surface area contributed by atoms with Crippen molar-refractivity contribution >= 4 is 5.91 Å². The number of aryl methyl sites for hydroxylation is 1. The van der Waals surface area contributed by atoms with Crippen molar-refractivity contribution in [2.75, 3.05) is 13.1 Å². The number of carbonyl (C=O) groups excluding carboxylic acids is 1. The number of halogens is 3. The first-order chi connectivity index (χ1) is 12.2. The highest BCUT2D eigenvalue weighted by Gasteiger charge is 2.38. The number of carbonyl (C=O) groups is 1. The van der Waals surface area contributed by atoms with Crippen molar-refractivity contribution in [1.82, 2.24) is 20.0 Å². The van der Waals surface area contributed by atoms with Crippen LogP contribution in [-0.4, -0.2) is 33.7 Å². The third-order valence-electron chi connectivity index (χ3n) is 4.09. The molecule has 0 saturated carbocycles. The lowest BCUT2D eigenvalue weighted by molar-refractivity contribution is -0.141. The van der Waals surface area contributed by atoms with Crippen LogP contribution in [0.1, 0.15) is 41.0 Å². The summed E-state index contributed by atoms with van der Waals surface area (Å²) in [5.41, 5.74) is 0.283. The monoisotopic (exact) mass is 368 g/mol.